The lowest BCUT2D eigenvalue weighted by atomic mass is 10.1. The van der Waals surface area contributed by atoms with Crippen molar-refractivity contribution in [2.75, 3.05) is 58.4 Å². The van der Waals surface area contributed by atoms with Crippen molar-refractivity contribution in [3.63, 3.8) is 0 Å². The monoisotopic (exact) mass is 492 g/mol. The van der Waals surface area contributed by atoms with E-state index in [9.17, 15) is 4.79 Å². The van der Waals surface area contributed by atoms with Crippen LogP contribution >= 0.6 is 0 Å². The summed E-state index contributed by atoms with van der Waals surface area (Å²) in [6.07, 6.45) is 4.46. The number of hydrogen-bond donors (Lipinski definition) is 2. The minimum absolute atomic E-state index is 0.237. The number of urea groups is 1. The molecule has 4 rings (SSSR count). The molecule has 1 fully saturated rings. The topological polar surface area (TPSA) is 83.9 Å². The van der Waals surface area contributed by atoms with Crippen molar-refractivity contribution in [2.45, 2.75) is 12.5 Å². The van der Waals surface area contributed by atoms with Gasteiger partial charge in [0.25, 0.3) is 0 Å². The highest BCUT2D eigenvalue weighted by Gasteiger charge is 2.22. The Morgan fingerprint density at radius 3 is 2.33 bits per heavy atom. The lowest BCUT2D eigenvalue weighted by Crippen LogP contribution is -2.47. The molecule has 0 aliphatic carbocycles. The number of anilines is 1. The Morgan fingerprint density at radius 2 is 1.72 bits per heavy atom. The average molecular weight is 493 g/mol. The fourth-order valence-electron chi connectivity index (χ4n) is 4.50. The van der Waals surface area contributed by atoms with Gasteiger partial charge in [0.15, 0.2) is 0 Å². The predicted octanol–water partition coefficient (Wildman–Crippen LogP) is 3.04. The molecule has 0 radical (unpaired) electrons. The van der Waals surface area contributed by atoms with Gasteiger partial charge in [-0.05, 0) is 42.8 Å². The third-order valence-corrected chi connectivity index (χ3v) is 6.53. The molecular weight excluding hydrogens is 456 g/mol. The summed E-state index contributed by atoms with van der Waals surface area (Å²) in [5.41, 5.74) is 2.11. The number of piperazine rings is 1. The van der Waals surface area contributed by atoms with Gasteiger partial charge in [-0.2, -0.15) is 0 Å². The molecule has 2 heterocycles. The number of aryl methyl sites for hydroxylation is 1. The van der Waals surface area contributed by atoms with Gasteiger partial charge < -0.3 is 29.6 Å². The zero-order chi connectivity index (χ0) is 25.3. The zero-order valence-electron chi connectivity index (χ0n) is 21.3. The van der Waals surface area contributed by atoms with Crippen molar-refractivity contribution in [3.05, 3.63) is 72.3 Å². The Bertz CT molecular complexity index is 1090. The van der Waals surface area contributed by atoms with Gasteiger partial charge >= 0.3 is 6.03 Å². The summed E-state index contributed by atoms with van der Waals surface area (Å²) < 4.78 is 12.7. The molecule has 2 amide bonds. The van der Waals surface area contributed by atoms with Crippen LogP contribution in [0.15, 0.2) is 60.9 Å². The number of benzene rings is 2. The maximum Gasteiger partial charge on any atom is 0.315 e. The molecule has 1 atom stereocenters. The summed E-state index contributed by atoms with van der Waals surface area (Å²) >= 11 is 0. The van der Waals surface area contributed by atoms with E-state index < -0.39 is 6.04 Å². The predicted molar refractivity (Wildman–Crippen MR) is 141 cm³/mol. The van der Waals surface area contributed by atoms with E-state index in [2.05, 4.69) is 55.7 Å². The van der Waals surface area contributed by atoms with Crippen LogP contribution in [0, 0.1) is 0 Å². The molecule has 1 aromatic heterocycles. The second-order valence-corrected chi connectivity index (χ2v) is 8.89. The van der Waals surface area contributed by atoms with Crippen LogP contribution < -0.4 is 25.0 Å². The SMILES string of the molecule is COc1cc(OC)cc(C(NC(=O)NCCCN2CCN(c3ccccc3)CC2)c2nccn2C)c1. The van der Waals surface area contributed by atoms with Crippen LogP contribution in [0.25, 0.3) is 0 Å². The fourth-order valence-corrected chi connectivity index (χ4v) is 4.50. The summed E-state index contributed by atoms with van der Waals surface area (Å²) in [6.45, 7) is 5.65. The fraction of sp³-hybridized carbons (Fsp3) is 0.407. The number of imidazole rings is 1. The van der Waals surface area contributed by atoms with Crippen LogP contribution in [0.5, 0.6) is 11.5 Å². The Kier molecular flexibility index (Phi) is 8.67. The first-order valence-corrected chi connectivity index (χ1v) is 12.3. The molecule has 0 saturated carbocycles. The molecule has 3 aromatic rings. The van der Waals surface area contributed by atoms with Crippen molar-refractivity contribution >= 4 is 11.7 Å². The number of methoxy groups -OCH3 is 2. The first-order chi connectivity index (χ1) is 17.6. The number of aromatic nitrogens is 2. The van der Waals surface area contributed by atoms with Crippen molar-refractivity contribution in [1.29, 1.82) is 0 Å². The van der Waals surface area contributed by atoms with Crippen molar-refractivity contribution < 1.29 is 14.3 Å². The summed E-state index contributed by atoms with van der Waals surface area (Å²) in [4.78, 5) is 22.2. The summed E-state index contributed by atoms with van der Waals surface area (Å²) in [7, 11) is 5.12. The normalized spacial score (nSPS) is 14.8. The molecule has 9 heteroatoms. The third kappa shape index (κ3) is 6.48. The number of nitrogens with zero attached hydrogens (tertiary/aromatic N) is 4. The lowest BCUT2D eigenvalue weighted by molar-refractivity contribution is 0.233. The summed E-state index contributed by atoms with van der Waals surface area (Å²) in [5, 5.41) is 6.09. The first-order valence-electron chi connectivity index (χ1n) is 12.3. The number of amides is 2. The molecule has 0 bridgehead atoms. The van der Waals surface area contributed by atoms with Crippen molar-refractivity contribution in [3.8, 4) is 11.5 Å². The first kappa shape index (κ1) is 25.4. The van der Waals surface area contributed by atoms with Crippen molar-refractivity contribution in [2.24, 2.45) is 7.05 Å². The molecule has 2 aromatic carbocycles. The highest BCUT2D eigenvalue weighted by Crippen LogP contribution is 2.29. The van der Waals surface area contributed by atoms with E-state index in [1.165, 1.54) is 5.69 Å². The minimum atomic E-state index is -0.458. The number of ether oxygens (including phenoxy) is 2. The second-order valence-electron chi connectivity index (χ2n) is 8.89. The maximum absolute atomic E-state index is 12.9. The van der Waals surface area contributed by atoms with Gasteiger partial charge in [-0.25, -0.2) is 9.78 Å². The molecule has 1 saturated heterocycles. The molecule has 36 heavy (non-hydrogen) atoms. The van der Waals surface area contributed by atoms with Crippen LogP contribution in [-0.4, -0.2) is 74.0 Å². The Morgan fingerprint density at radius 1 is 1.03 bits per heavy atom. The Balaban J connectivity index is 1.28. The Hall–Kier alpha value is -3.72. The molecule has 192 valence electrons. The van der Waals surface area contributed by atoms with E-state index in [0.29, 0.717) is 18.0 Å². The van der Waals surface area contributed by atoms with E-state index >= 15 is 0 Å². The molecule has 1 aliphatic heterocycles. The average Bonchev–Trinajstić information content (AvgIpc) is 3.35. The van der Waals surface area contributed by atoms with Crippen LogP contribution in [0.3, 0.4) is 0 Å². The van der Waals surface area contributed by atoms with E-state index in [-0.39, 0.29) is 6.03 Å². The summed E-state index contributed by atoms with van der Waals surface area (Å²) in [5.74, 6) is 2.02. The molecule has 1 unspecified atom stereocenters. The second kappa shape index (κ2) is 12.3. The highest BCUT2D eigenvalue weighted by atomic mass is 16.5. The van der Waals surface area contributed by atoms with Crippen LogP contribution in [0.1, 0.15) is 23.9 Å². The van der Waals surface area contributed by atoms with Gasteiger partial charge in [0.05, 0.1) is 14.2 Å². The zero-order valence-corrected chi connectivity index (χ0v) is 21.3. The van der Waals surface area contributed by atoms with Gasteiger partial charge in [-0.1, -0.05) is 18.2 Å². The van der Waals surface area contributed by atoms with Gasteiger partial charge in [0, 0.05) is 63.9 Å². The number of carbonyl (C=O) groups excluding carboxylic acids is 1. The van der Waals surface area contributed by atoms with E-state index in [1.54, 1.807) is 26.5 Å². The smallest absolute Gasteiger partial charge is 0.315 e. The Labute approximate surface area is 213 Å². The number of nitrogens with one attached hydrogen (secondary N) is 2. The minimum Gasteiger partial charge on any atom is -0.497 e. The van der Waals surface area contributed by atoms with E-state index in [1.807, 2.05) is 29.9 Å². The lowest BCUT2D eigenvalue weighted by Gasteiger charge is -2.36. The molecular formula is C27H36N6O3. The number of hydrogen-bond acceptors (Lipinski definition) is 6. The van der Waals surface area contributed by atoms with E-state index in [4.69, 9.17) is 9.47 Å². The number of carbonyl (C=O) groups is 1. The van der Waals surface area contributed by atoms with Gasteiger partial charge in [0.2, 0.25) is 0 Å². The molecule has 1 aliphatic rings. The van der Waals surface area contributed by atoms with E-state index in [0.717, 1.165) is 50.5 Å². The molecule has 2 N–H and O–H groups in total. The quantitative estimate of drug-likeness (QED) is 0.424. The third-order valence-electron chi connectivity index (χ3n) is 6.53. The molecule has 9 nitrogen and oxygen atoms in total. The van der Waals surface area contributed by atoms with Crippen LogP contribution in [-0.2, 0) is 7.05 Å². The number of rotatable bonds is 10. The largest absolute Gasteiger partial charge is 0.497 e. The number of para-hydroxylation sites is 1. The van der Waals surface area contributed by atoms with Gasteiger partial charge in [-0.3, -0.25) is 4.90 Å². The maximum atomic E-state index is 12.9. The summed E-state index contributed by atoms with van der Waals surface area (Å²) in [6, 6.07) is 15.4. The standard InChI is InChI=1S/C27H36N6O3/c1-31-13-11-28-26(31)25(21-18-23(35-2)20-24(19-21)36-3)30-27(34)29-10-7-12-32-14-16-33(17-15-32)22-8-5-4-6-9-22/h4-6,8-9,11,13,18-20,25H,7,10,12,14-17H2,1-3H3,(H2,29,30,34). The van der Waals surface area contributed by atoms with Crippen LogP contribution in [0.4, 0.5) is 10.5 Å². The van der Waals surface area contributed by atoms with Gasteiger partial charge in [-0.15, -0.1) is 0 Å². The molecule has 0 spiro atoms. The highest BCUT2D eigenvalue weighted by molar-refractivity contribution is 5.75. The van der Waals surface area contributed by atoms with Crippen LogP contribution in [0.2, 0.25) is 0 Å². The van der Waals surface area contributed by atoms with Gasteiger partial charge in [0.1, 0.15) is 23.4 Å². The van der Waals surface area contributed by atoms with Crippen molar-refractivity contribution in [1.82, 2.24) is 25.1 Å².